The van der Waals surface area contributed by atoms with Crippen LogP contribution in [0.4, 0.5) is 0 Å². The van der Waals surface area contributed by atoms with Gasteiger partial charge in [-0.25, -0.2) is 0 Å². The Morgan fingerprint density at radius 2 is 1.08 bits per heavy atom. The van der Waals surface area contributed by atoms with Gasteiger partial charge >= 0.3 is 0 Å². The fourth-order valence-electron chi connectivity index (χ4n) is 8.22. The summed E-state index contributed by atoms with van der Waals surface area (Å²) in [6.07, 6.45) is 9.65. The van der Waals surface area contributed by atoms with Crippen molar-refractivity contribution in [3.05, 3.63) is 187 Å². The molecule has 7 aromatic carbocycles. The topological polar surface area (TPSA) is 25.8 Å². The van der Waals surface area contributed by atoms with Crippen molar-refractivity contribution < 1.29 is 0 Å². The predicted octanol–water partition coefficient (Wildman–Crippen LogP) is 12.6. The molecule has 0 amide bonds. The molecule has 0 spiro atoms. The Labute approximate surface area is 297 Å². The summed E-state index contributed by atoms with van der Waals surface area (Å²) in [7, 11) is 0. The minimum Gasteiger partial charge on any atom is -0.256 e. The van der Waals surface area contributed by atoms with Crippen molar-refractivity contribution >= 4 is 49.3 Å². The number of hydrogen-bond donors (Lipinski definition) is 0. The lowest BCUT2D eigenvalue weighted by molar-refractivity contribution is 0.586. The van der Waals surface area contributed by atoms with E-state index in [2.05, 4.69) is 170 Å². The molecule has 240 valence electrons. The summed E-state index contributed by atoms with van der Waals surface area (Å²) in [5, 5.41) is 8.70. The Balaban J connectivity index is 1.16. The van der Waals surface area contributed by atoms with Gasteiger partial charge in [0.25, 0.3) is 0 Å². The minimum absolute atomic E-state index is 0.255. The van der Waals surface area contributed by atoms with Crippen LogP contribution in [-0.2, 0) is 11.8 Å². The minimum atomic E-state index is -0.255. The number of rotatable bonds is 4. The van der Waals surface area contributed by atoms with E-state index < -0.39 is 0 Å². The van der Waals surface area contributed by atoms with Crippen LogP contribution < -0.4 is 0 Å². The average Bonchev–Trinajstić information content (AvgIpc) is 3.19. The van der Waals surface area contributed by atoms with Gasteiger partial charge in [-0.05, 0) is 108 Å². The van der Waals surface area contributed by atoms with Gasteiger partial charge in [0.1, 0.15) is 0 Å². The van der Waals surface area contributed by atoms with Crippen LogP contribution >= 0.6 is 0 Å². The smallest absolute Gasteiger partial charge is 0.0717 e. The summed E-state index contributed by atoms with van der Waals surface area (Å²) in [6, 6.07) is 55.0. The van der Waals surface area contributed by atoms with Crippen molar-refractivity contribution in [2.45, 2.75) is 18.8 Å². The molecule has 9 aromatic rings. The van der Waals surface area contributed by atoms with Crippen molar-refractivity contribution in [3.63, 3.8) is 0 Å². The number of aromatic nitrogens is 2. The number of benzene rings is 7. The standard InChI is InChI=1S/C49H34N2/c1-49(40-22-23-46(51-31-40)39-28-36-14-6-9-17-45(36)50-30-39)25-24-43-44(29-49)48(38-21-19-33-11-3-5-13-35(33)27-38)42-16-8-7-15-41(42)47(43)37-20-18-32-10-2-4-12-34(32)26-37/h2-28,30-31H,29H2,1H3. The first-order valence-electron chi connectivity index (χ1n) is 17.7. The molecule has 2 heteroatoms. The van der Waals surface area contributed by atoms with Crippen molar-refractivity contribution in [1.82, 2.24) is 9.97 Å². The first-order valence-corrected chi connectivity index (χ1v) is 17.7. The number of pyridine rings is 2. The van der Waals surface area contributed by atoms with Crippen LogP contribution in [0.2, 0.25) is 0 Å². The van der Waals surface area contributed by atoms with Gasteiger partial charge in [-0.2, -0.15) is 0 Å². The first kappa shape index (κ1) is 29.5. The third-order valence-electron chi connectivity index (χ3n) is 10.9. The molecule has 1 unspecified atom stereocenters. The van der Waals surface area contributed by atoms with Crippen LogP contribution in [0.15, 0.2) is 170 Å². The summed E-state index contributed by atoms with van der Waals surface area (Å²) in [5.41, 5.74) is 11.7. The van der Waals surface area contributed by atoms with E-state index in [1.807, 2.05) is 18.3 Å². The highest BCUT2D eigenvalue weighted by Gasteiger charge is 2.33. The number of para-hydroxylation sites is 1. The van der Waals surface area contributed by atoms with E-state index in [1.165, 1.54) is 71.3 Å². The number of nitrogens with zero attached hydrogens (tertiary/aromatic N) is 2. The van der Waals surface area contributed by atoms with Crippen LogP contribution in [0.5, 0.6) is 0 Å². The molecule has 10 rings (SSSR count). The Hall–Kier alpha value is -6.38. The zero-order chi connectivity index (χ0) is 33.9. The fraction of sp³-hybridized carbons (Fsp3) is 0.0612. The van der Waals surface area contributed by atoms with Crippen LogP contribution in [0.3, 0.4) is 0 Å². The molecule has 2 aromatic heterocycles. The van der Waals surface area contributed by atoms with Crippen LogP contribution in [0, 0.1) is 0 Å². The van der Waals surface area contributed by atoms with E-state index in [9.17, 15) is 0 Å². The molecule has 1 atom stereocenters. The highest BCUT2D eigenvalue weighted by Crippen LogP contribution is 2.48. The van der Waals surface area contributed by atoms with E-state index in [0.29, 0.717) is 0 Å². The van der Waals surface area contributed by atoms with Crippen molar-refractivity contribution in [2.24, 2.45) is 0 Å². The van der Waals surface area contributed by atoms with Gasteiger partial charge in [0, 0.05) is 28.8 Å². The van der Waals surface area contributed by atoms with E-state index in [-0.39, 0.29) is 5.41 Å². The number of allylic oxidation sites excluding steroid dienone is 1. The molecule has 2 heterocycles. The van der Waals surface area contributed by atoms with Gasteiger partial charge in [0.2, 0.25) is 0 Å². The number of hydrogen-bond acceptors (Lipinski definition) is 2. The Bertz CT molecular complexity index is 2850. The van der Waals surface area contributed by atoms with Gasteiger partial charge in [0.05, 0.1) is 11.2 Å². The summed E-state index contributed by atoms with van der Waals surface area (Å²) in [4.78, 5) is 9.71. The molecule has 0 saturated carbocycles. The second kappa shape index (κ2) is 11.6. The maximum Gasteiger partial charge on any atom is 0.0717 e. The molecule has 0 fully saturated rings. The SMILES string of the molecule is CC1(c2ccc(-c3cnc4ccccc4c3)nc2)C=Cc2c(c(-c3ccc4ccccc4c3)c3ccccc3c2-c2ccc3ccccc3c2)C1. The van der Waals surface area contributed by atoms with Crippen molar-refractivity contribution in [1.29, 1.82) is 0 Å². The number of fused-ring (bicyclic) bond motifs is 5. The lowest BCUT2D eigenvalue weighted by Gasteiger charge is -2.34. The molecule has 1 aliphatic rings. The molecule has 0 aliphatic heterocycles. The zero-order valence-electron chi connectivity index (χ0n) is 28.3. The zero-order valence-corrected chi connectivity index (χ0v) is 28.3. The van der Waals surface area contributed by atoms with Crippen LogP contribution in [0.25, 0.3) is 82.8 Å². The molecule has 0 bridgehead atoms. The predicted molar refractivity (Wildman–Crippen MR) is 215 cm³/mol. The second-order valence-corrected chi connectivity index (χ2v) is 14.1. The van der Waals surface area contributed by atoms with E-state index in [0.717, 1.165) is 28.6 Å². The Morgan fingerprint density at radius 3 is 1.76 bits per heavy atom. The average molecular weight is 651 g/mol. The molecular formula is C49H34N2. The van der Waals surface area contributed by atoms with Gasteiger partial charge in [-0.15, -0.1) is 0 Å². The lowest BCUT2D eigenvalue weighted by Crippen LogP contribution is -2.26. The summed E-state index contributed by atoms with van der Waals surface area (Å²) in [5.74, 6) is 0. The molecule has 0 radical (unpaired) electrons. The van der Waals surface area contributed by atoms with Crippen LogP contribution in [-0.4, -0.2) is 9.97 Å². The van der Waals surface area contributed by atoms with Gasteiger partial charge in [-0.1, -0.05) is 140 Å². The van der Waals surface area contributed by atoms with Gasteiger partial charge in [-0.3, -0.25) is 9.97 Å². The second-order valence-electron chi connectivity index (χ2n) is 14.1. The molecule has 51 heavy (non-hydrogen) atoms. The maximum atomic E-state index is 5.02. The molecular weight excluding hydrogens is 617 g/mol. The van der Waals surface area contributed by atoms with Gasteiger partial charge in [0.15, 0.2) is 0 Å². The summed E-state index contributed by atoms with van der Waals surface area (Å²) < 4.78 is 0. The van der Waals surface area contributed by atoms with E-state index in [1.54, 1.807) is 0 Å². The highest BCUT2D eigenvalue weighted by molar-refractivity contribution is 6.11. The molecule has 0 N–H and O–H groups in total. The Kier molecular flexibility index (Phi) is 6.72. The quantitative estimate of drug-likeness (QED) is 0.189. The third-order valence-corrected chi connectivity index (χ3v) is 10.9. The fourth-order valence-corrected chi connectivity index (χ4v) is 8.22. The maximum absolute atomic E-state index is 5.02. The van der Waals surface area contributed by atoms with Crippen molar-refractivity contribution in [2.75, 3.05) is 0 Å². The van der Waals surface area contributed by atoms with E-state index in [4.69, 9.17) is 4.98 Å². The Morgan fingerprint density at radius 1 is 0.490 bits per heavy atom. The first-order chi connectivity index (χ1) is 25.1. The van der Waals surface area contributed by atoms with Gasteiger partial charge < -0.3 is 0 Å². The summed E-state index contributed by atoms with van der Waals surface area (Å²) in [6.45, 7) is 2.36. The lowest BCUT2D eigenvalue weighted by atomic mass is 9.69. The summed E-state index contributed by atoms with van der Waals surface area (Å²) >= 11 is 0. The molecule has 1 aliphatic carbocycles. The normalized spacial score (nSPS) is 15.5. The van der Waals surface area contributed by atoms with Crippen molar-refractivity contribution in [3.8, 4) is 33.5 Å². The molecule has 0 saturated heterocycles. The largest absolute Gasteiger partial charge is 0.256 e. The highest BCUT2D eigenvalue weighted by atomic mass is 14.7. The van der Waals surface area contributed by atoms with E-state index >= 15 is 0 Å². The monoisotopic (exact) mass is 650 g/mol. The third kappa shape index (κ3) is 4.94. The molecule has 2 nitrogen and oxygen atoms in total. The van der Waals surface area contributed by atoms with Crippen LogP contribution in [0.1, 0.15) is 23.6 Å².